The van der Waals surface area contributed by atoms with E-state index in [2.05, 4.69) is 0 Å². The Morgan fingerprint density at radius 1 is 0.688 bits per heavy atom. The number of hydrogen-bond acceptors (Lipinski definition) is 6. The first kappa shape index (κ1) is 43.5. The quantitative estimate of drug-likeness (QED) is 0.282. The van der Waals surface area contributed by atoms with E-state index in [4.69, 9.17) is 26.7 Å². The Bertz CT molecular complexity index is 89.2. The molecule has 0 aliphatic rings. The van der Waals surface area contributed by atoms with Gasteiger partial charge in [-0.05, 0) is 0 Å². The van der Waals surface area contributed by atoms with Gasteiger partial charge in [-0.15, -0.1) is 0 Å². The van der Waals surface area contributed by atoms with Crippen LogP contribution < -0.4 is 12.3 Å². The Hall–Kier alpha value is 1.01. The molecule has 0 aliphatic carbocycles. The van der Waals surface area contributed by atoms with Gasteiger partial charge < -0.3 is 14.4 Å². The Morgan fingerprint density at radius 3 is 0.688 bits per heavy atom. The van der Waals surface area contributed by atoms with Crippen LogP contribution in [0.2, 0.25) is 0 Å². The zero-order valence-corrected chi connectivity index (χ0v) is 13.0. The van der Waals surface area contributed by atoms with Crippen LogP contribution in [0.1, 0.15) is 20.8 Å². The normalized spacial score (nSPS) is 4.69. The van der Waals surface area contributed by atoms with Crippen molar-refractivity contribution in [1.29, 1.82) is 0 Å². The molecule has 0 rings (SSSR count). The second kappa shape index (κ2) is 73.4. The van der Waals surface area contributed by atoms with Gasteiger partial charge in [0.25, 0.3) is 0 Å². The van der Waals surface area contributed by atoms with Crippen molar-refractivity contribution in [2.24, 2.45) is 0 Å². The molecular weight excluding hydrogens is 434 g/mol. The fraction of sp³-hybridized carbons (Fsp3) is 0.500. The molecule has 0 aliphatic heterocycles. The summed E-state index contributed by atoms with van der Waals surface area (Å²) in [4.78, 5) is 26.0. The third kappa shape index (κ3) is 2900. The summed E-state index contributed by atoms with van der Waals surface area (Å²) in [7, 11) is 0. The van der Waals surface area contributed by atoms with Crippen LogP contribution in [-0.2, 0) is 65.6 Å². The van der Waals surface area contributed by atoms with Crippen LogP contribution in [0, 0.1) is 0 Å². The van der Waals surface area contributed by atoms with Crippen molar-refractivity contribution in [2.75, 3.05) is 0 Å². The minimum absolute atomic E-state index is 0. The molecule has 0 amide bonds. The first-order valence-electron chi connectivity index (χ1n) is 2.66. The first-order chi connectivity index (χ1) is 5.97. The van der Waals surface area contributed by atoms with Gasteiger partial charge in [-0.3, -0.25) is 18.9 Å². The van der Waals surface area contributed by atoms with Crippen LogP contribution in [0.4, 0.5) is 0 Å². The summed E-state index contributed by atoms with van der Waals surface area (Å²) in [5.41, 5.74) is 0. The number of carbonyl (C=O) groups excluding carboxylic acids is 3. The molecule has 0 bridgehead atoms. The summed E-state index contributed by atoms with van der Waals surface area (Å²) in [5.74, 6) is 0. The molecule has 0 saturated heterocycles. The molecule has 0 heterocycles. The summed E-state index contributed by atoms with van der Waals surface area (Å²) in [5, 5.41) is 0. The molecule has 0 saturated carbocycles. The molecule has 0 atom stereocenters. The molecule has 3 radical (unpaired) electrons. The average Bonchev–Trinajstić information content (AvgIpc) is 1.88. The first-order valence-corrected chi connectivity index (χ1v) is 4.96. The molecule has 16 heavy (non-hydrogen) atoms. The van der Waals surface area contributed by atoms with Gasteiger partial charge in [-0.1, -0.05) is 0 Å². The van der Waals surface area contributed by atoms with Crippen LogP contribution in [0.5, 0.6) is 0 Å². The molecule has 107 valence electrons. The van der Waals surface area contributed by atoms with Crippen molar-refractivity contribution in [2.45, 2.75) is 20.8 Å². The molecule has 10 heteroatoms. The fourth-order valence-corrected chi connectivity index (χ4v) is 0. The second-order valence-corrected chi connectivity index (χ2v) is 1.77. The molecule has 6 nitrogen and oxygen atoms in total. The van der Waals surface area contributed by atoms with Crippen molar-refractivity contribution >= 4 is 34.5 Å². The third-order valence-electron chi connectivity index (χ3n) is 0. The van der Waals surface area contributed by atoms with E-state index < -0.39 is 15.7 Å². The summed E-state index contributed by atoms with van der Waals surface area (Å²) >= 11 is -3.94. The predicted molar refractivity (Wildman–Crippen MR) is 39.9 cm³/mol. The van der Waals surface area contributed by atoms with E-state index >= 15 is 0 Å². The predicted octanol–water partition coefficient (Wildman–Crippen LogP) is -3.61. The zero-order chi connectivity index (χ0) is 11.7. The monoisotopic (exact) mass is 441 g/mol. The van der Waals surface area contributed by atoms with E-state index in [1.54, 1.807) is 0 Å². The van der Waals surface area contributed by atoms with Gasteiger partial charge in [-0.2, -0.15) is 20.8 Å². The topological polar surface area (TPSA) is 120 Å². The van der Waals surface area contributed by atoms with Gasteiger partial charge in [-0.25, -0.2) is 0 Å². The molecule has 0 unspecified atom stereocenters. The summed E-state index contributed by atoms with van der Waals surface area (Å²) < 4.78 is 25.7. The third-order valence-corrected chi connectivity index (χ3v) is 0. The average molecular weight is 443 g/mol. The molecule has 0 N–H and O–H groups in total. The van der Waals surface area contributed by atoms with Crippen LogP contribution in [0.3, 0.4) is 0 Å². The molecule has 0 spiro atoms. The van der Waals surface area contributed by atoms with Gasteiger partial charge in [0, 0.05) is 0 Å². The van der Waals surface area contributed by atoms with Crippen molar-refractivity contribution in [1.82, 2.24) is 0 Å². The summed E-state index contributed by atoms with van der Waals surface area (Å²) in [6.45, 7) is 3.96. The number of rotatable bonds is 0. The molecule has 0 aromatic rings. The molecule has 0 aromatic heterocycles. The maximum absolute atomic E-state index is 8.68. The van der Waals surface area contributed by atoms with Crippen LogP contribution in [-0.4, -0.2) is 34.5 Å². The molecular formula is C6H9AsCu3O6. The van der Waals surface area contributed by atoms with Crippen LogP contribution >= 0.6 is 0 Å². The van der Waals surface area contributed by atoms with E-state index in [9.17, 15) is 0 Å². The van der Waals surface area contributed by atoms with E-state index in [1.807, 2.05) is 0 Å². The van der Waals surface area contributed by atoms with Gasteiger partial charge in [0.2, 0.25) is 0 Å². The van der Waals surface area contributed by atoms with Crippen LogP contribution in [0.15, 0.2) is 0 Å². The van der Waals surface area contributed by atoms with Crippen LogP contribution in [0.25, 0.3) is 0 Å². The molecule has 0 fully saturated rings. The Balaban J connectivity index is -0.0000000128. The minimum atomic E-state index is -3.94. The van der Waals surface area contributed by atoms with Gasteiger partial charge in [0.1, 0.15) is 0 Å². The van der Waals surface area contributed by atoms with Gasteiger partial charge in [0.05, 0.1) is 0 Å². The van der Waals surface area contributed by atoms with E-state index in [0.29, 0.717) is 0 Å². The van der Waals surface area contributed by atoms with Crippen molar-refractivity contribution in [3.8, 4) is 0 Å². The summed E-state index contributed by atoms with van der Waals surface area (Å²) in [6.07, 6.45) is 4.50. The maximum atomic E-state index is 8.68. The Labute approximate surface area is 132 Å². The fourth-order valence-electron chi connectivity index (χ4n) is 0. The van der Waals surface area contributed by atoms with Crippen molar-refractivity contribution < 1.29 is 77.9 Å². The van der Waals surface area contributed by atoms with Crippen molar-refractivity contribution in [3.05, 3.63) is 0 Å². The standard InChI is InChI=1S/3C2H3O.AsO3.3Cu/c3*1-2-3;2-1(3)4;;;/h3*1H3;;;;/q3*-1;-3;3*+2. The van der Waals surface area contributed by atoms with E-state index in [-0.39, 0.29) is 51.2 Å². The van der Waals surface area contributed by atoms with E-state index in [0.717, 1.165) is 0 Å². The zero-order valence-electron chi connectivity index (χ0n) is 8.30. The summed E-state index contributed by atoms with van der Waals surface area (Å²) in [6, 6.07) is 0. The number of hydrogen-bond donors (Lipinski definition) is 0. The van der Waals surface area contributed by atoms with Gasteiger partial charge in [0.15, 0.2) is 0 Å². The Kier molecular flexibility index (Phi) is 200. The second-order valence-electron chi connectivity index (χ2n) is 0.836. The van der Waals surface area contributed by atoms with Crippen molar-refractivity contribution in [3.63, 3.8) is 0 Å². The van der Waals surface area contributed by atoms with E-state index in [1.165, 1.54) is 39.6 Å². The Morgan fingerprint density at radius 2 is 0.688 bits per heavy atom. The van der Waals surface area contributed by atoms with Gasteiger partial charge >= 0.3 is 79.2 Å². The SMILES string of the molecule is C[C-]=O.C[C-]=O.C[C-]=O.[Cu+2].[Cu+2].[Cu+2].[O-][As]([O-])[O-]. The molecule has 0 aromatic carbocycles.